The zero-order valence-electron chi connectivity index (χ0n) is 21.9. The lowest BCUT2D eigenvalue weighted by atomic mass is 10.0. The number of carbonyl (C=O) groups excluding carboxylic acids is 1. The van der Waals surface area contributed by atoms with Gasteiger partial charge in [-0.05, 0) is 56.0 Å². The van der Waals surface area contributed by atoms with Gasteiger partial charge in [0.1, 0.15) is 29.0 Å². The molecule has 0 radical (unpaired) electrons. The van der Waals surface area contributed by atoms with Gasteiger partial charge in [0.15, 0.2) is 0 Å². The molecule has 0 spiro atoms. The van der Waals surface area contributed by atoms with Gasteiger partial charge in [0.25, 0.3) is 5.91 Å². The molecule has 2 heterocycles. The summed E-state index contributed by atoms with van der Waals surface area (Å²) in [7, 11) is 6.38. The largest absolute Gasteiger partial charge is 0.497 e. The Balaban J connectivity index is 1.58. The Hall–Kier alpha value is -4.47. The molecule has 10 nitrogen and oxygen atoms in total. The summed E-state index contributed by atoms with van der Waals surface area (Å²) >= 11 is 0. The number of methoxy groups -OCH3 is 3. The van der Waals surface area contributed by atoms with Gasteiger partial charge in [0, 0.05) is 36.0 Å². The minimum atomic E-state index is -0.201. The Labute approximate surface area is 220 Å². The number of hydrogen-bond donors (Lipinski definition) is 3. The van der Waals surface area contributed by atoms with E-state index in [4.69, 9.17) is 28.9 Å². The van der Waals surface area contributed by atoms with Crippen molar-refractivity contribution in [2.75, 3.05) is 33.7 Å². The average molecular weight is 518 g/mol. The number of amides is 1. The summed E-state index contributed by atoms with van der Waals surface area (Å²) in [5, 5.41) is 6.62. The highest BCUT2D eigenvalue weighted by Crippen LogP contribution is 2.41. The molecule has 38 heavy (non-hydrogen) atoms. The van der Waals surface area contributed by atoms with Crippen LogP contribution in [0.1, 0.15) is 36.0 Å². The minimum absolute atomic E-state index is 0.0860. The van der Waals surface area contributed by atoms with Crippen LogP contribution < -0.4 is 29.6 Å². The van der Waals surface area contributed by atoms with Crippen molar-refractivity contribution in [2.45, 2.75) is 31.8 Å². The van der Waals surface area contributed by atoms with Crippen molar-refractivity contribution in [2.24, 2.45) is 0 Å². The number of benzene rings is 2. The summed E-state index contributed by atoms with van der Waals surface area (Å²) < 4.78 is 23.0. The maximum absolute atomic E-state index is 12.1. The normalized spacial score (nSPS) is 13.4. The first kappa shape index (κ1) is 25.2. The van der Waals surface area contributed by atoms with Crippen LogP contribution in [0.2, 0.25) is 0 Å². The average Bonchev–Trinajstić information content (AvgIpc) is 3.62. The molecule has 0 bridgehead atoms. The van der Waals surface area contributed by atoms with Crippen LogP contribution >= 0.6 is 0 Å². The number of H-pyrrole nitrogens is 1. The molecule has 4 aromatic rings. The highest BCUT2D eigenvalue weighted by atomic mass is 16.5. The van der Waals surface area contributed by atoms with Crippen LogP contribution in [0, 0.1) is 0 Å². The molecule has 0 saturated heterocycles. The number of ether oxygens (including phenoxy) is 4. The van der Waals surface area contributed by atoms with E-state index < -0.39 is 0 Å². The molecule has 5 rings (SSSR count). The van der Waals surface area contributed by atoms with E-state index in [1.54, 1.807) is 46.6 Å². The molecule has 10 heteroatoms. The van der Waals surface area contributed by atoms with Crippen molar-refractivity contribution < 1.29 is 23.7 Å². The smallest absolute Gasteiger partial charge is 0.251 e. The van der Waals surface area contributed by atoms with Crippen LogP contribution in [0.25, 0.3) is 22.2 Å². The molecule has 2 aromatic heterocycles. The highest BCUT2D eigenvalue weighted by molar-refractivity contribution is 5.99. The summed E-state index contributed by atoms with van der Waals surface area (Å²) in [5.74, 6) is 2.48. The highest BCUT2D eigenvalue weighted by Gasteiger charge is 2.24. The van der Waals surface area contributed by atoms with Crippen molar-refractivity contribution in [1.82, 2.24) is 20.3 Å². The summed E-state index contributed by atoms with van der Waals surface area (Å²) in [6, 6.07) is 10.8. The number of nitrogens with zero attached hydrogens (tertiary/aromatic N) is 2. The zero-order valence-corrected chi connectivity index (χ0v) is 21.9. The molecule has 1 amide bonds. The summed E-state index contributed by atoms with van der Waals surface area (Å²) in [5.41, 5.74) is 3.45. The number of aromatic amines is 1. The van der Waals surface area contributed by atoms with Gasteiger partial charge >= 0.3 is 0 Å². The van der Waals surface area contributed by atoms with Gasteiger partial charge < -0.3 is 34.6 Å². The van der Waals surface area contributed by atoms with E-state index in [-0.39, 0.29) is 12.0 Å². The SMILES string of the molecule is CNC(=O)c1ccc(Nc2nc(OC3CCCC3)c3c(-c4ccc(OC)cc4OC)c[nH]c3n2)c(OC)c1. The van der Waals surface area contributed by atoms with Gasteiger partial charge in [0.05, 0.1) is 32.4 Å². The monoisotopic (exact) mass is 517 g/mol. The van der Waals surface area contributed by atoms with Crippen LogP contribution in [0.4, 0.5) is 11.6 Å². The molecule has 2 aromatic carbocycles. The lowest BCUT2D eigenvalue weighted by molar-refractivity contribution is 0.0962. The fraction of sp³-hybridized carbons (Fsp3) is 0.321. The molecule has 0 atom stereocenters. The number of fused-ring (bicyclic) bond motifs is 1. The van der Waals surface area contributed by atoms with Crippen LogP contribution in [0.3, 0.4) is 0 Å². The van der Waals surface area contributed by atoms with E-state index in [1.807, 2.05) is 24.4 Å². The fourth-order valence-electron chi connectivity index (χ4n) is 4.74. The molecule has 1 aliphatic rings. The standard InChI is InChI=1S/C28H31N5O5/c1-29-26(34)16-9-12-21(23(13-16)37-4)31-28-32-25-24(27(33-28)38-17-7-5-6-8-17)20(15-30-25)19-11-10-18(35-2)14-22(19)36-3/h9-15,17H,5-8H2,1-4H3,(H,29,34)(H2,30,31,32,33). The molecule has 3 N–H and O–H groups in total. The molecular formula is C28H31N5O5. The van der Waals surface area contributed by atoms with Gasteiger partial charge in [-0.2, -0.15) is 9.97 Å². The Morgan fingerprint density at radius 3 is 2.45 bits per heavy atom. The van der Waals surface area contributed by atoms with Crippen molar-refractivity contribution >= 4 is 28.6 Å². The maximum atomic E-state index is 12.1. The molecular weight excluding hydrogens is 486 g/mol. The van der Waals surface area contributed by atoms with E-state index >= 15 is 0 Å². The van der Waals surface area contributed by atoms with Crippen LogP contribution in [-0.4, -0.2) is 55.3 Å². The van der Waals surface area contributed by atoms with Crippen molar-refractivity contribution in [1.29, 1.82) is 0 Å². The lowest BCUT2D eigenvalue weighted by Gasteiger charge is -2.16. The van der Waals surface area contributed by atoms with Gasteiger partial charge in [0.2, 0.25) is 11.8 Å². The second-order valence-electron chi connectivity index (χ2n) is 8.99. The predicted octanol–water partition coefficient (Wildman–Crippen LogP) is 5.08. The zero-order chi connectivity index (χ0) is 26.6. The second-order valence-corrected chi connectivity index (χ2v) is 8.99. The van der Waals surface area contributed by atoms with Gasteiger partial charge in [-0.3, -0.25) is 4.79 Å². The first-order valence-electron chi connectivity index (χ1n) is 12.5. The van der Waals surface area contributed by atoms with Crippen molar-refractivity contribution in [3.63, 3.8) is 0 Å². The maximum Gasteiger partial charge on any atom is 0.251 e. The summed E-state index contributed by atoms with van der Waals surface area (Å²) in [6.07, 6.45) is 6.19. The predicted molar refractivity (Wildman–Crippen MR) is 145 cm³/mol. The third-order valence-electron chi connectivity index (χ3n) is 6.71. The number of carbonyl (C=O) groups is 1. The van der Waals surface area contributed by atoms with Crippen LogP contribution in [0.15, 0.2) is 42.6 Å². The Bertz CT molecular complexity index is 1460. The third-order valence-corrected chi connectivity index (χ3v) is 6.71. The van der Waals surface area contributed by atoms with E-state index in [9.17, 15) is 4.79 Å². The molecule has 0 unspecified atom stereocenters. The van der Waals surface area contributed by atoms with E-state index in [0.717, 1.165) is 42.2 Å². The number of rotatable bonds is 9. The number of hydrogen-bond acceptors (Lipinski definition) is 8. The van der Waals surface area contributed by atoms with Crippen molar-refractivity contribution in [3.05, 3.63) is 48.2 Å². The number of aromatic nitrogens is 3. The topological polar surface area (TPSA) is 120 Å². The Morgan fingerprint density at radius 2 is 1.74 bits per heavy atom. The van der Waals surface area contributed by atoms with Gasteiger partial charge in [-0.1, -0.05) is 0 Å². The van der Waals surface area contributed by atoms with E-state index in [2.05, 4.69) is 15.6 Å². The lowest BCUT2D eigenvalue weighted by Crippen LogP contribution is -2.17. The van der Waals surface area contributed by atoms with Crippen molar-refractivity contribution in [3.8, 4) is 34.3 Å². The Kier molecular flexibility index (Phi) is 7.21. The molecule has 1 saturated carbocycles. The molecule has 0 aliphatic heterocycles. The molecule has 1 aliphatic carbocycles. The summed E-state index contributed by atoms with van der Waals surface area (Å²) in [6.45, 7) is 0. The molecule has 198 valence electrons. The van der Waals surface area contributed by atoms with Gasteiger partial charge in [-0.15, -0.1) is 0 Å². The second kappa shape index (κ2) is 10.9. The first-order valence-corrected chi connectivity index (χ1v) is 12.5. The van der Waals surface area contributed by atoms with E-state index in [0.29, 0.717) is 46.0 Å². The minimum Gasteiger partial charge on any atom is -0.497 e. The molecule has 1 fully saturated rings. The fourth-order valence-corrected chi connectivity index (χ4v) is 4.74. The quantitative estimate of drug-likeness (QED) is 0.281. The van der Waals surface area contributed by atoms with E-state index in [1.165, 1.54) is 0 Å². The van der Waals surface area contributed by atoms with Crippen LogP contribution in [-0.2, 0) is 0 Å². The van der Waals surface area contributed by atoms with Gasteiger partial charge in [-0.25, -0.2) is 0 Å². The Morgan fingerprint density at radius 1 is 0.947 bits per heavy atom. The third kappa shape index (κ3) is 4.89. The first-order chi connectivity index (χ1) is 18.5. The summed E-state index contributed by atoms with van der Waals surface area (Å²) in [4.78, 5) is 24.9. The van der Waals surface area contributed by atoms with Crippen LogP contribution in [0.5, 0.6) is 23.1 Å². The number of anilines is 2. The number of nitrogens with one attached hydrogen (secondary N) is 3.